The number of aryl methyl sites for hydroxylation is 1. The number of nitrogens with one attached hydrogen (secondary N) is 2. The summed E-state index contributed by atoms with van der Waals surface area (Å²) in [5.74, 6) is 1.32. The van der Waals surface area contributed by atoms with Gasteiger partial charge in [0.1, 0.15) is 11.9 Å². The molecule has 0 bridgehead atoms. The Labute approximate surface area is 124 Å². The molecule has 1 heterocycles. The summed E-state index contributed by atoms with van der Waals surface area (Å²) in [6.45, 7) is 3.31. The molecule has 0 aliphatic carbocycles. The summed E-state index contributed by atoms with van der Waals surface area (Å²) in [4.78, 5) is 4.49. The van der Waals surface area contributed by atoms with Gasteiger partial charge in [-0.05, 0) is 43.7 Å². The number of nitrogens with zero attached hydrogens (tertiary/aromatic N) is 2. The van der Waals surface area contributed by atoms with Crippen molar-refractivity contribution < 1.29 is 0 Å². The minimum absolute atomic E-state index is 0.559. The van der Waals surface area contributed by atoms with Crippen LogP contribution in [-0.2, 0) is 0 Å². The molecular formula is C16H19N5. The van der Waals surface area contributed by atoms with E-state index in [1.165, 1.54) is 0 Å². The first kappa shape index (κ1) is 14.8. The molecule has 5 nitrogen and oxygen atoms in total. The molecule has 2 aromatic rings. The van der Waals surface area contributed by atoms with E-state index < -0.39 is 0 Å². The van der Waals surface area contributed by atoms with Crippen LogP contribution in [-0.4, -0.2) is 18.1 Å². The maximum atomic E-state index is 9.32. The molecule has 0 fully saturated rings. The van der Waals surface area contributed by atoms with Crippen molar-refractivity contribution in [3.63, 3.8) is 0 Å². The lowest BCUT2D eigenvalue weighted by molar-refractivity contribution is 0.870. The Kier molecular flexibility index (Phi) is 5.13. The normalized spacial score (nSPS) is 9.95. The lowest BCUT2D eigenvalue weighted by atomic mass is 10.1. The molecule has 1 aromatic heterocycles. The minimum Gasteiger partial charge on any atom is -0.370 e. The van der Waals surface area contributed by atoms with E-state index in [2.05, 4.69) is 21.7 Å². The number of aromatic nitrogens is 1. The largest absolute Gasteiger partial charge is 0.370 e. The molecule has 0 atom stereocenters. The molecule has 21 heavy (non-hydrogen) atoms. The number of hydrogen-bond donors (Lipinski definition) is 3. The van der Waals surface area contributed by atoms with Gasteiger partial charge in [-0.2, -0.15) is 5.26 Å². The van der Waals surface area contributed by atoms with Crippen LogP contribution in [0.25, 0.3) is 0 Å². The molecule has 0 saturated heterocycles. The van der Waals surface area contributed by atoms with Gasteiger partial charge in [0.05, 0.1) is 5.56 Å². The van der Waals surface area contributed by atoms with E-state index in [4.69, 9.17) is 5.73 Å². The highest BCUT2D eigenvalue weighted by Crippen LogP contribution is 2.23. The molecule has 0 radical (unpaired) electrons. The summed E-state index contributed by atoms with van der Waals surface area (Å²) in [6.07, 6.45) is 0.877. The van der Waals surface area contributed by atoms with E-state index in [0.717, 1.165) is 30.0 Å². The lowest BCUT2D eigenvalue weighted by Crippen LogP contribution is -2.10. The average molecular weight is 281 g/mol. The second-order valence-corrected chi connectivity index (χ2v) is 4.72. The third kappa shape index (κ3) is 3.94. The third-order valence-corrected chi connectivity index (χ3v) is 3.05. The average Bonchev–Trinajstić information content (AvgIpc) is 2.48. The highest BCUT2D eigenvalue weighted by atomic mass is 15.1. The summed E-state index contributed by atoms with van der Waals surface area (Å²) in [6, 6.07) is 13.8. The predicted molar refractivity (Wildman–Crippen MR) is 85.6 cm³/mol. The Morgan fingerprint density at radius 1 is 1.29 bits per heavy atom. The van der Waals surface area contributed by atoms with Gasteiger partial charge in [0, 0.05) is 12.2 Å². The van der Waals surface area contributed by atoms with Gasteiger partial charge in [-0.1, -0.05) is 18.2 Å². The summed E-state index contributed by atoms with van der Waals surface area (Å²) in [5, 5.41) is 15.7. The van der Waals surface area contributed by atoms with Crippen molar-refractivity contribution in [1.29, 1.82) is 5.26 Å². The summed E-state index contributed by atoms with van der Waals surface area (Å²) in [7, 11) is 0. The fraction of sp³-hybridized carbons (Fsp3) is 0.250. The van der Waals surface area contributed by atoms with Gasteiger partial charge in [0.2, 0.25) is 0 Å². The van der Waals surface area contributed by atoms with Crippen molar-refractivity contribution in [2.24, 2.45) is 5.73 Å². The van der Waals surface area contributed by atoms with Gasteiger partial charge in [-0.15, -0.1) is 0 Å². The first-order chi connectivity index (χ1) is 10.2. The van der Waals surface area contributed by atoms with Gasteiger partial charge in [0.15, 0.2) is 5.82 Å². The molecule has 0 aliphatic rings. The van der Waals surface area contributed by atoms with Crippen LogP contribution < -0.4 is 16.4 Å². The Morgan fingerprint density at radius 3 is 2.71 bits per heavy atom. The van der Waals surface area contributed by atoms with Crippen LogP contribution in [0.4, 0.5) is 17.3 Å². The second-order valence-electron chi connectivity index (χ2n) is 4.72. The number of pyridine rings is 1. The molecule has 108 valence electrons. The van der Waals surface area contributed by atoms with Crippen LogP contribution >= 0.6 is 0 Å². The van der Waals surface area contributed by atoms with Crippen molar-refractivity contribution in [3.8, 4) is 6.07 Å². The van der Waals surface area contributed by atoms with Crippen molar-refractivity contribution in [2.75, 3.05) is 23.7 Å². The predicted octanol–water partition coefficient (Wildman–Crippen LogP) is 2.77. The van der Waals surface area contributed by atoms with Crippen LogP contribution in [0.5, 0.6) is 0 Å². The Bertz CT molecular complexity index is 631. The zero-order valence-corrected chi connectivity index (χ0v) is 12.1. The number of hydrogen-bond acceptors (Lipinski definition) is 5. The fourth-order valence-corrected chi connectivity index (χ4v) is 1.97. The Morgan fingerprint density at radius 2 is 2.05 bits per heavy atom. The maximum Gasteiger partial charge on any atom is 0.151 e. The number of nitriles is 1. The summed E-state index contributed by atoms with van der Waals surface area (Å²) in [5.41, 5.74) is 7.84. The molecule has 5 heteroatoms. The van der Waals surface area contributed by atoms with Crippen LogP contribution in [0.15, 0.2) is 36.4 Å². The first-order valence-corrected chi connectivity index (χ1v) is 6.92. The smallest absolute Gasteiger partial charge is 0.151 e. The standard InChI is InChI=1S/C16H19N5/c1-12-10-15(19-9-5-8-17)21-16(14(12)11-18)20-13-6-3-2-4-7-13/h2-4,6-7,10H,5,8-9,17H2,1H3,(H2,19,20,21). The molecule has 4 N–H and O–H groups in total. The van der Waals surface area contributed by atoms with E-state index in [9.17, 15) is 5.26 Å². The molecule has 0 saturated carbocycles. The van der Waals surface area contributed by atoms with Crippen molar-refractivity contribution >= 4 is 17.3 Å². The quantitative estimate of drug-likeness (QED) is 0.709. The van der Waals surface area contributed by atoms with Crippen LogP contribution in [0.2, 0.25) is 0 Å². The van der Waals surface area contributed by atoms with E-state index in [-0.39, 0.29) is 0 Å². The van der Waals surface area contributed by atoms with Gasteiger partial charge in [-0.25, -0.2) is 4.98 Å². The molecule has 0 aliphatic heterocycles. The monoisotopic (exact) mass is 281 g/mol. The van der Waals surface area contributed by atoms with E-state index >= 15 is 0 Å². The summed E-state index contributed by atoms with van der Waals surface area (Å²) < 4.78 is 0. The summed E-state index contributed by atoms with van der Waals surface area (Å²) >= 11 is 0. The first-order valence-electron chi connectivity index (χ1n) is 6.92. The molecule has 0 unspecified atom stereocenters. The Hall–Kier alpha value is -2.58. The minimum atomic E-state index is 0.559. The molecule has 0 spiro atoms. The molecular weight excluding hydrogens is 262 g/mol. The number of rotatable bonds is 6. The van der Waals surface area contributed by atoms with E-state index in [1.807, 2.05) is 43.3 Å². The fourth-order valence-electron chi connectivity index (χ4n) is 1.97. The van der Waals surface area contributed by atoms with E-state index in [0.29, 0.717) is 17.9 Å². The molecule has 1 aromatic carbocycles. The van der Waals surface area contributed by atoms with Gasteiger partial charge in [-0.3, -0.25) is 0 Å². The third-order valence-electron chi connectivity index (χ3n) is 3.05. The van der Waals surface area contributed by atoms with Crippen LogP contribution in [0, 0.1) is 18.3 Å². The highest BCUT2D eigenvalue weighted by molar-refractivity contribution is 5.67. The number of nitrogens with two attached hydrogens (primary N) is 1. The highest BCUT2D eigenvalue weighted by Gasteiger charge is 2.10. The van der Waals surface area contributed by atoms with Crippen LogP contribution in [0.1, 0.15) is 17.5 Å². The lowest BCUT2D eigenvalue weighted by Gasteiger charge is -2.12. The van der Waals surface area contributed by atoms with Crippen molar-refractivity contribution in [1.82, 2.24) is 4.98 Å². The van der Waals surface area contributed by atoms with Crippen molar-refractivity contribution in [2.45, 2.75) is 13.3 Å². The van der Waals surface area contributed by atoms with Gasteiger partial charge in [0.25, 0.3) is 0 Å². The zero-order chi connectivity index (χ0) is 15.1. The topological polar surface area (TPSA) is 86.8 Å². The number of benzene rings is 1. The number of para-hydroxylation sites is 1. The second kappa shape index (κ2) is 7.27. The van der Waals surface area contributed by atoms with E-state index in [1.54, 1.807) is 0 Å². The Balaban J connectivity index is 2.27. The molecule has 2 rings (SSSR count). The van der Waals surface area contributed by atoms with Crippen molar-refractivity contribution in [3.05, 3.63) is 47.5 Å². The van der Waals surface area contributed by atoms with Gasteiger partial charge < -0.3 is 16.4 Å². The SMILES string of the molecule is Cc1cc(NCCCN)nc(Nc2ccccc2)c1C#N. The number of anilines is 3. The van der Waals surface area contributed by atoms with Crippen LogP contribution in [0.3, 0.4) is 0 Å². The zero-order valence-electron chi connectivity index (χ0n) is 12.1. The molecule has 0 amide bonds. The van der Waals surface area contributed by atoms with Gasteiger partial charge >= 0.3 is 0 Å². The maximum absolute atomic E-state index is 9.32.